The second-order valence-electron chi connectivity index (χ2n) is 7.59. The van der Waals surface area contributed by atoms with Crippen molar-refractivity contribution in [3.63, 3.8) is 0 Å². The molecule has 7 nitrogen and oxygen atoms in total. The first-order valence-corrected chi connectivity index (χ1v) is 9.84. The van der Waals surface area contributed by atoms with Crippen molar-refractivity contribution in [2.75, 3.05) is 13.2 Å². The zero-order chi connectivity index (χ0) is 19.7. The number of nitrogens with zero attached hydrogens (tertiary/aromatic N) is 2. The number of para-hydroxylation sites is 1. The van der Waals surface area contributed by atoms with E-state index in [0.717, 1.165) is 54.6 Å². The molecular weight excluding hydrogens is 358 g/mol. The van der Waals surface area contributed by atoms with E-state index < -0.39 is 17.9 Å². The summed E-state index contributed by atoms with van der Waals surface area (Å²) in [6.07, 6.45) is 4.16. The minimum Gasteiger partial charge on any atom is -0.480 e. The highest BCUT2D eigenvalue weighted by atomic mass is 16.5. The number of carboxylic acid groups (broad SMARTS) is 1. The summed E-state index contributed by atoms with van der Waals surface area (Å²) >= 11 is 0. The first-order valence-electron chi connectivity index (χ1n) is 9.84. The van der Waals surface area contributed by atoms with Crippen LogP contribution < -0.4 is 5.32 Å². The summed E-state index contributed by atoms with van der Waals surface area (Å²) in [6.45, 7) is 3.01. The van der Waals surface area contributed by atoms with E-state index in [4.69, 9.17) is 4.74 Å². The van der Waals surface area contributed by atoms with Gasteiger partial charge in [0.05, 0.1) is 12.3 Å². The van der Waals surface area contributed by atoms with Crippen LogP contribution in [-0.4, -0.2) is 46.0 Å². The second-order valence-corrected chi connectivity index (χ2v) is 7.59. The molecule has 7 heteroatoms. The molecule has 28 heavy (non-hydrogen) atoms. The lowest BCUT2D eigenvalue weighted by Crippen LogP contribution is -2.48. The minimum atomic E-state index is -1.03. The van der Waals surface area contributed by atoms with Gasteiger partial charge in [0.25, 0.3) is 5.91 Å². The van der Waals surface area contributed by atoms with Crippen LogP contribution in [0, 0.1) is 12.8 Å². The Labute approximate surface area is 163 Å². The van der Waals surface area contributed by atoms with E-state index in [2.05, 4.69) is 10.4 Å². The number of rotatable bonds is 5. The number of hydrogen-bond acceptors (Lipinski definition) is 4. The standard InChI is InChI=1S/C21H25N3O4/c1-13-6-2-3-9-16(13)24-17-10-4-8-15(17)19(23-24)20(25)22-18(21(26)27)14-7-5-11-28-12-14/h2-3,6,9,14,18H,4-5,7-8,10-12H2,1H3,(H,22,25)(H,26,27). The van der Waals surface area contributed by atoms with Crippen LogP contribution in [0.1, 0.15) is 46.6 Å². The number of fused-ring (bicyclic) bond motifs is 1. The molecule has 1 amide bonds. The molecule has 0 radical (unpaired) electrons. The zero-order valence-corrected chi connectivity index (χ0v) is 16.0. The second kappa shape index (κ2) is 7.75. The van der Waals surface area contributed by atoms with Gasteiger partial charge < -0.3 is 15.2 Å². The Morgan fingerprint density at radius 3 is 2.82 bits per heavy atom. The average Bonchev–Trinajstić information content (AvgIpc) is 3.30. The number of carbonyl (C=O) groups is 2. The molecule has 4 rings (SSSR count). The van der Waals surface area contributed by atoms with Gasteiger partial charge in [-0.05, 0) is 50.7 Å². The number of benzene rings is 1. The number of aromatic nitrogens is 2. The van der Waals surface area contributed by atoms with Crippen molar-refractivity contribution >= 4 is 11.9 Å². The van der Waals surface area contributed by atoms with Gasteiger partial charge >= 0.3 is 5.97 Å². The molecule has 1 aromatic heterocycles. The highest BCUT2D eigenvalue weighted by Crippen LogP contribution is 2.29. The molecule has 2 unspecified atom stereocenters. The van der Waals surface area contributed by atoms with Crippen LogP contribution >= 0.6 is 0 Å². The van der Waals surface area contributed by atoms with Crippen molar-refractivity contribution < 1.29 is 19.4 Å². The molecule has 2 heterocycles. The predicted molar refractivity (Wildman–Crippen MR) is 103 cm³/mol. The molecule has 2 aliphatic rings. The van der Waals surface area contributed by atoms with Crippen molar-refractivity contribution in [3.8, 4) is 5.69 Å². The molecular formula is C21H25N3O4. The van der Waals surface area contributed by atoms with Gasteiger partial charge in [0.15, 0.2) is 5.69 Å². The highest BCUT2D eigenvalue weighted by molar-refractivity contribution is 5.96. The van der Waals surface area contributed by atoms with Crippen molar-refractivity contribution in [3.05, 3.63) is 46.8 Å². The summed E-state index contributed by atoms with van der Waals surface area (Å²) in [5.41, 5.74) is 4.36. The van der Waals surface area contributed by atoms with E-state index >= 15 is 0 Å². The fourth-order valence-electron chi connectivity index (χ4n) is 4.24. The van der Waals surface area contributed by atoms with Gasteiger partial charge in [0.1, 0.15) is 6.04 Å². The number of carbonyl (C=O) groups excluding carboxylic acids is 1. The van der Waals surface area contributed by atoms with Crippen LogP contribution in [-0.2, 0) is 22.4 Å². The van der Waals surface area contributed by atoms with E-state index in [1.54, 1.807) is 0 Å². The van der Waals surface area contributed by atoms with Crippen LogP contribution in [0.15, 0.2) is 24.3 Å². The lowest BCUT2D eigenvalue weighted by Gasteiger charge is -2.27. The van der Waals surface area contributed by atoms with E-state index in [1.165, 1.54) is 0 Å². The van der Waals surface area contributed by atoms with Crippen molar-refractivity contribution in [2.24, 2.45) is 5.92 Å². The van der Waals surface area contributed by atoms with Crippen LogP contribution in [0.4, 0.5) is 0 Å². The van der Waals surface area contributed by atoms with Gasteiger partial charge in [-0.25, -0.2) is 9.48 Å². The largest absolute Gasteiger partial charge is 0.480 e. The summed E-state index contributed by atoms with van der Waals surface area (Å²) in [7, 11) is 0. The third kappa shape index (κ3) is 3.42. The molecule has 2 atom stereocenters. The van der Waals surface area contributed by atoms with Crippen LogP contribution in [0.25, 0.3) is 5.69 Å². The Kier molecular flexibility index (Phi) is 5.17. The summed E-state index contributed by atoms with van der Waals surface area (Å²) < 4.78 is 7.27. The Morgan fingerprint density at radius 2 is 2.11 bits per heavy atom. The SMILES string of the molecule is Cc1ccccc1-n1nc(C(=O)NC(C(=O)O)C2CCCOC2)c2c1CCC2. The Balaban J connectivity index is 1.64. The Bertz CT molecular complexity index is 899. The molecule has 1 aliphatic carbocycles. The number of aliphatic carboxylic acids is 1. The maximum absolute atomic E-state index is 13.0. The van der Waals surface area contributed by atoms with E-state index in [-0.39, 0.29) is 5.92 Å². The van der Waals surface area contributed by atoms with Crippen molar-refractivity contribution in [2.45, 2.75) is 45.1 Å². The Morgan fingerprint density at radius 1 is 1.29 bits per heavy atom. The summed E-state index contributed by atoms with van der Waals surface area (Å²) in [6, 6.07) is 6.96. The van der Waals surface area contributed by atoms with Gasteiger partial charge in [-0.2, -0.15) is 5.10 Å². The molecule has 0 saturated carbocycles. The van der Waals surface area contributed by atoms with E-state index in [9.17, 15) is 14.7 Å². The molecule has 2 aromatic rings. The fourth-order valence-corrected chi connectivity index (χ4v) is 4.24. The molecule has 0 bridgehead atoms. The average molecular weight is 383 g/mol. The number of carboxylic acids is 1. The smallest absolute Gasteiger partial charge is 0.326 e. The monoisotopic (exact) mass is 383 g/mol. The van der Waals surface area contributed by atoms with Gasteiger partial charge in [-0.1, -0.05) is 18.2 Å². The van der Waals surface area contributed by atoms with Crippen molar-refractivity contribution in [1.82, 2.24) is 15.1 Å². The van der Waals surface area contributed by atoms with Crippen LogP contribution in [0.5, 0.6) is 0 Å². The fraction of sp³-hybridized carbons (Fsp3) is 0.476. The third-order valence-electron chi connectivity index (χ3n) is 5.71. The number of nitrogens with one attached hydrogen (secondary N) is 1. The van der Waals surface area contributed by atoms with Gasteiger partial charge in [-0.3, -0.25) is 4.79 Å². The summed E-state index contributed by atoms with van der Waals surface area (Å²) in [5.74, 6) is -1.66. The molecule has 1 fully saturated rings. The quantitative estimate of drug-likeness (QED) is 0.826. The molecule has 0 spiro atoms. The first kappa shape index (κ1) is 18.7. The van der Waals surface area contributed by atoms with Crippen molar-refractivity contribution in [1.29, 1.82) is 0 Å². The highest BCUT2D eigenvalue weighted by Gasteiger charge is 2.34. The van der Waals surface area contributed by atoms with E-state index in [0.29, 0.717) is 18.9 Å². The molecule has 1 saturated heterocycles. The topological polar surface area (TPSA) is 93.5 Å². The maximum Gasteiger partial charge on any atom is 0.326 e. The number of hydrogen-bond donors (Lipinski definition) is 2. The number of ether oxygens (including phenoxy) is 1. The third-order valence-corrected chi connectivity index (χ3v) is 5.71. The maximum atomic E-state index is 13.0. The predicted octanol–water partition coefficient (Wildman–Crippen LogP) is 2.28. The summed E-state index contributed by atoms with van der Waals surface area (Å²) in [4.78, 5) is 24.8. The Hall–Kier alpha value is -2.67. The number of amides is 1. The van der Waals surface area contributed by atoms with E-state index in [1.807, 2.05) is 35.9 Å². The molecule has 1 aromatic carbocycles. The summed E-state index contributed by atoms with van der Waals surface area (Å²) in [5, 5.41) is 17.0. The van der Waals surface area contributed by atoms with Gasteiger partial charge in [0.2, 0.25) is 0 Å². The lowest BCUT2D eigenvalue weighted by atomic mass is 9.93. The molecule has 1 aliphatic heterocycles. The number of aryl methyl sites for hydroxylation is 1. The first-order chi connectivity index (χ1) is 13.6. The minimum absolute atomic E-state index is 0.221. The zero-order valence-electron chi connectivity index (χ0n) is 16.0. The van der Waals surface area contributed by atoms with Gasteiger partial charge in [-0.15, -0.1) is 0 Å². The molecule has 2 N–H and O–H groups in total. The molecule has 148 valence electrons. The lowest BCUT2D eigenvalue weighted by molar-refractivity contribution is -0.142. The normalized spacial score (nSPS) is 19.8. The van der Waals surface area contributed by atoms with Crippen LogP contribution in [0.2, 0.25) is 0 Å². The van der Waals surface area contributed by atoms with Crippen LogP contribution in [0.3, 0.4) is 0 Å². The van der Waals surface area contributed by atoms with Gasteiger partial charge in [0, 0.05) is 23.8 Å².